The third kappa shape index (κ3) is 5.19. The molecule has 0 aliphatic rings. The van der Waals surface area contributed by atoms with E-state index in [1.54, 1.807) is 25.1 Å². The highest BCUT2D eigenvalue weighted by molar-refractivity contribution is 5.93. The first-order chi connectivity index (χ1) is 14.5. The van der Waals surface area contributed by atoms with Gasteiger partial charge in [0.2, 0.25) is 5.89 Å². The van der Waals surface area contributed by atoms with E-state index < -0.39 is 6.61 Å². The highest BCUT2D eigenvalue weighted by atomic mass is 19.3. The van der Waals surface area contributed by atoms with Crippen molar-refractivity contribution in [1.82, 2.24) is 15.3 Å². The van der Waals surface area contributed by atoms with Gasteiger partial charge in [-0.1, -0.05) is 18.7 Å². The number of carbonyl (C=O) groups is 1. The highest BCUT2D eigenvalue weighted by Crippen LogP contribution is 2.33. The van der Waals surface area contributed by atoms with E-state index in [-0.39, 0.29) is 36.4 Å². The molecule has 3 aromatic rings. The lowest BCUT2D eigenvalue weighted by molar-refractivity contribution is -0.0513. The molecule has 0 saturated carbocycles. The van der Waals surface area contributed by atoms with Gasteiger partial charge >= 0.3 is 6.61 Å². The number of amides is 1. The molecule has 2 heterocycles. The second-order valence-corrected chi connectivity index (χ2v) is 6.14. The largest absolute Gasteiger partial charge is 0.486 e. The molecule has 0 fully saturated rings. The van der Waals surface area contributed by atoms with Gasteiger partial charge in [-0.3, -0.25) is 9.78 Å². The Morgan fingerprint density at radius 1 is 1.33 bits per heavy atom. The maximum Gasteiger partial charge on any atom is 0.387 e. The first-order valence-electron chi connectivity index (χ1n) is 8.95. The first kappa shape index (κ1) is 21.0. The third-order valence-corrected chi connectivity index (χ3v) is 3.97. The van der Waals surface area contributed by atoms with Crippen molar-refractivity contribution in [2.45, 2.75) is 20.1 Å². The molecule has 2 aromatic heterocycles. The SMILES string of the molecule is C=CCOc1ccc(-c2nc(CNC(=O)c3ncccc3C)co2)cc1OC(F)F. The van der Waals surface area contributed by atoms with Crippen molar-refractivity contribution in [1.29, 1.82) is 0 Å². The number of nitrogens with one attached hydrogen (secondary N) is 1. The highest BCUT2D eigenvalue weighted by Gasteiger charge is 2.16. The number of aromatic nitrogens is 2. The van der Waals surface area contributed by atoms with Crippen LogP contribution < -0.4 is 14.8 Å². The fourth-order valence-electron chi connectivity index (χ4n) is 2.60. The number of aryl methyl sites for hydroxylation is 1. The minimum atomic E-state index is -3.02. The molecule has 3 rings (SSSR count). The van der Waals surface area contributed by atoms with Crippen LogP contribution in [0.3, 0.4) is 0 Å². The summed E-state index contributed by atoms with van der Waals surface area (Å²) in [6.45, 7) is 2.53. The van der Waals surface area contributed by atoms with Crippen molar-refractivity contribution in [3.05, 3.63) is 72.4 Å². The van der Waals surface area contributed by atoms with Crippen LogP contribution in [0.4, 0.5) is 8.78 Å². The van der Waals surface area contributed by atoms with E-state index in [0.717, 1.165) is 5.56 Å². The number of oxazole rings is 1. The molecule has 0 saturated heterocycles. The summed E-state index contributed by atoms with van der Waals surface area (Å²) in [5.41, 5.74) is 1.94. The molecule has 156 valence electrons. The van der Waals surface area contributed by atoms with Crippen LogP contribution in [0.25, 0.3) is 11.5 Å². The van der Waals surface area contributed by atoms with E-state index in [4.69, 9.17) is 9.15 Å². The van der Waals surface area contributed by atoms with E-state index in [0.29, 0.717) is 17.0 Å². The van der Waals surface area contributed by atoms with Crippen LogP contribution in [0.5, 0.6) is 11.5 Å². The lowest BCUT2D eigenvalue weighted by Crippen LogP contribution is -2.24. The molecule has 0 aliphatic heterocycles. The lowest BCUT2D eigenvalue weighted by Gasteiger charge is -2.11. The summed E-state index contributed by atoms with van der Waals surface area (Å²) in [7, 11) is 0. The van der Waals surface area contributed by atoms with E-state index >= 15 is 0 Å². The number of halogens is 2. The maximum absolute atomic E-state index is 12.7. The Balaban J connectivity index is 1.72. The maximum atomic E-state index is 12.7. The molecule has 1 N–H and O–H groups in total. The van der Waals surface area contributed by atoms with Crippen LogP contribution in [-0.4, -0.2) is 29.1 Å². The van der Waals surface area contributed by atoms with Crippen LogP contribution in [0, 0.1) is 6.92 Å². The van der Waals surface area contributed by atoms with Gasteiger partial charge in [-0.15, -0.1) is 0 Å². The van der Waals surface area contributed by atoms with Crippen molar-refractivity contribution in [2.24, 2.45) is 0 Å². The fourth-order valence-corrected chi connectivity index (χ4v) is 2.60. The zero-order chi connectivity index (χ0) is 21.5. The number of benzene rings is 1. The molecular formula is C21H19F2N3O4. The summed E-state index contributed by atoms with van der Waals surface area (Å²) >= 11 is 0. The predicted molar refractivity (Wildman–Crippen MR) is 104 cm³/mol. The fraction of sp³-hybridized carbons (Fsp3) is 0.190. The average Bonchev–Trinajstić information content (AvgIpc) is 3.20. The van der Waals surface area contributed by atoms with Crippen molar-refractivity contribution in [3.63, 3.8) is 0 Å². The van der Waals surface area contributed by atoms with Crippen molar-refractivity contribution in [2.75, 3.05) is 6.61 Å². The van der Waals surface area contributed by atoms with Gasteiger partial charge in [-0.05, 0) is 36.8 Å². The smallest absolute Gasteiger partial charge is 0.387 e. The number of alkyl halides is 2. The zero-order valence-electron chi connectivity index (χ0n) is 16.1. The van der Waals surface area contributed by atoms with Gasteiger partial charge in [0.25, 0.3) is 5.91 Å². The quantitative estimate of drug-likeness (QED) is 0.529. The van der Waals surface area contributed by atoms with Crippen molar-refractivity contribution < 1.29 is 27.5 Å². The molecule has 9 heteroatoms. The lowest BCUT2D eigenvalue weighted by atomic mass is 10.2. The Kier molecular flexibility index (Phi) is 6.74. The molecular weight excluding hydrogens is 396 g/mol. The Hall–Kier alpha value is -3.75. The van der Waals surface area contributed by atoms with Crippen LogP contribution in [-0.2, 0) is 6.54 Å². The van der Waals surface area contributed by atoms with Crippen molar-refractivity contribution >= 4 is 5.91 Å². The summed E-state index contributed by atoms with van der Waals surface area (Å²) in [4.78, 5) is 20.6. The van der Waals surface area contributed by atoms with Gasteiger partial charge in [0, 0.05) is 11.8 Å². The number of rotatable bonds is 9. The Bertz CT molecular complexity index is 1040. The molecule has 0 aliphatic carbocycles. The standard InChI is InChI=1S/C21H19F2N3O4/c1-3-9-28-16-7-6-14(10-17(16)30-21(22)23)20-26-15(12-29-20)11-25-19(27)18-13(2)5-4-8-24-18/h3-8,10,12,21H,1,9,11H2,2H3,(H,25,27). The van der Waals surface area contributed by atoms with E-state index in [1.807, 2.05) is 0 Å². The molecule has 0 unspecified atom stereocenters. The molecule has 0 atom stereocenters. The van der Waals surface area contributed by atoms with Gasteiger partial charge in [0.1, 0.15) is 18.6 Å². The van der Waals surface area contributed by atoms with Gasteiger partial charge in [0.05, 0.1) is 12.2 Å². The topological polar surface area (TPSA) is 86.5 Å². The molecule has 7 nitrogen and oxygen atoms in total. The summed E-state index contributed by atoms with van der Waals surface area (Å²) in [5.74, 6) is -0.164. The second-order valence-electron chi connectivity index (χ2n) is 6.14. The number of pyridine rings is 1. The van der Waals surface area contributed by atoms with Crippen molar-refractivity contribution in [3.8, 4) is 23.0 Å². The Labute approximate surface area is 171 Å². The first-order valence-corrected chi connectivity index (χ1v) is 8.95. The average molecular weight is 415 g/mol. The normalized spacial score (nSPS) is 10.7. The van der Waals surface area contributed by atoms with Crippen LogP contribution in [0.2, 0.25) is 0 Å². The number of ether oxygens (including phenoxy) is 2. The number of carbonyl (C=O) groups excluding carboxylic acids is 1. The third-order valence-electron chi connectivity index (χ3n) is 3.97. The molecule has 1 amide bonds. The predicted octanol–water partition coefficient (Wildman–Crippen LogP) is 4.14. The molecule has 0 spiro atoms. The Morgan fingerprint density at radius 2 is 2.17 bits per heavy atom. The molecule has 0 bridgehead atoms. The summed E-state index contributed by atoms with van der Waals surface area (Å²) in [6, 6.07) is 7.96. The van der Waals surface area contributed by atoms with E-state index in [9.17, 15) is 13.6 Å². The summed E-state index contributed by atoms with van der Waals surface area (Å²) in [5, 5.41) is 2.71. The van der Waals surface area contributed by atoms with Crippen LogP contribution in [0.15, 0.2) is 59.9 Å². The second kappa shape index (κ2) is 9.64. The minimum Gasteiger partial charge on any atom is -0.486 e. The zero-order valence-corrected chi connectivity index (χ0v) is 16.1. The minimum absolute atomic E-state index is 0.110. The molecule has 30 heavy (non-hydrogen) atoms. The van der Waals surface area contributed by atoms with E-state index in [2.05, 4.69) is 26.6 Å². The Morgan fingerprint density at radius 3 is 2.90 bits per heavy atom. The summed E-state index contributed by atoms with van der Waals surface area (Å²) in [6.07, 6.45) is 4.40. The van der Waals surface area contributed by atoms with Gasteiger partial charge in [-0.2, -0.15) is 8.78 Å². The van der Waals surface area contributed by atoms with Gasteiger partial charge < -0.3 is 19.2 Å². The van der Waals surface area contributed by atoms with Gasteiger partial charge in [0.15, 0.2) is 11.5 Å². The number of hydrogen-bond acceptors (Lipinski definition) is 6. The number of nitrogens with zero attached hydrogens (tertiary/aromatic N) is 2. The molecule has 0 radical (unpaired) electrons. The molecule has 1 aromatic carbocycles. The van der Waals surface area contributed by atoms with Crippen LogP contribution in [0.1, 0.15) is 21.7 Å². The monoisotopic (exact) mass is 415 g/mol. The van der Waals surface area contributed by atoms with Crippen LogP contribution >= 0.6 is 0 Å². The number of hydrogen-bond donors (Lipinski definition) is 1. The van der Waals surface area contributed by atoms with E-state index in [1.165, 1.54) is 30.7 Å². The van der Waals surface area contributed by atoms with Gasteiger partial charge in [-0.25, -0.2) is 4.98 Å². The summed E-state index contributed by atoms with van der Waals surface area (Å²) < 4.78 is 40.7.